The highest BCUT2D eigenvalue weighted by molar-refractivity contribution is 7.14. The minimum Gasteiger partial charge on any atom is -0.364 e. The van der Waals surface area contributed by atoms with Gasteiger partial charge < -0.3 is 9.97 Å². The van der Waals surface area contributed by atoms with Crippen LogP contribution in [0, 0.1) is 0 Å². The monoisotopic (exact) mass is 1740 g/mol. The number of para-hydroxylation sites is 1. The van der Waals surface area contributed by atoms with E-state index in [4.69, 9.17) is 9.97 Å². The molecular formula is C127H81N5S2. The van der Waals surface area contributed by atoms with Gasteiger partial charge >= 0.3 is 0 Å². The van der Waals surface area contributed by atoms with Crippen molar-refractivity contribution >= 4 is 185 Å². The number of aromatic amines is 2. The summed E-state index contributed by atoms with van der Waals surface area (Å²) in [6, 6.07) is 137. The molecule has 0 radical (unpaired) electrons. The van der Waals surface area contributed by atoms with Gasteiger partial charge in [0.25, 0.3) is 0 Å². The van der Waals surface area contributed by atoms with E-state index in [9.17, 15) is 0 Å². The first kappa shape index (κ1) is 76.6. The number of nitrogens with zero attached hydrogens (tertiary/aromatic N) is 3. The third-order valence-corrected chi connectivity index (χ3v) is 31.1. The fourth-order valence-electron chi connectivity index (χ4n) is 22.8. The third-order valence-electron chi connectivity index (χ3n) is 29.2. The zero-order chi connectivity index (χ0) is 87.7. The van der Waals surface area contributed by atoms with Crippen LogP contribution >= 0.6 is 22.7 Å². The van der Waals surface area contributed by atoms with Crippen molar-refractivity contribution in [3.63, 3.8) is 0 Å². The molecule has 6 aliphatic carbocycles. The molecule has 134 heavy (non-hydrogen) atoms. The van der Waals surface area contributed by atoms with Crippen LogP contribution in [0.4, 0.5) is 0 Å². The highest BCUT2D eigenvalue weighted by Crippen LogP contribution is 2.51. The Morgan fingerprint density at radius 1 is 0.216 bits per heavy atom. The summed E-state index contributed by atoms with van der Waals surface area (Å²) in [5.41, 5.74) is 33.5. The first-order valence-electron chi connectivity index (χ1n) is 46.5. The fraction of sp³-hybridized carbons (Fsp3) is 0.0472. The number of rotatable bonds is 0. The standard InChI is InChI=1S/C27H16N2.C24H15N.2C19H13N.2C19H12S/c1-2-5-18-13-22-19(12-17(18)4-1)8-9-20-15-24-23(25(20)22)14-21-10-7-16-6-3-11-28-26(16)27(21)29-24;1-2-6-16-12-20-17(11-15(16)5-1)9-10-19-14-23-21(24(19)20)13-18-7-3-4-8-22(18)25-23;1-2-4-13-11-17-14(9-12(13)3-1)5-6-15-10-16-7-8-20-19(16)18(15)17;1-2-4-13-10-17-14(9-12(13)3-1)5-6-15-11-18-16(19(15)17)7-8-20-18;1-2-4-13-11-17-14(9-12(13)3-1)5-6-15-10-16-7-8-20-19(16)18(15)17;1-2-4-13-10-17-14(9-12(13)3-1)5-6-15-11-18-16(19(15)17)7-8-20-18/h1-14H,15H2;1-13H,14H2;1-9,11,20H,10H2;1-10,20H,11H2;1-9,11H,10H2;1-10H,11H2. The van der Waals surface area contributed by atoms with E-state index in [1.807, 2.05) is 47.3 Å². The Kier molecular flexibility index (Phi) is 17.5. The lowest BCUT2D eigenvalue weighted by Gasteiger charge is -2.10. The Balaban J connectivity index is 0.0000000805. The first-order chi connectivity index (χ1) is 66.3. The predicted molar refractivity (Wildman–Crippen MR) is 569 cm³/mol. The van der Waals surface area contributed by atoms with Crippen LogP contribution in [0.2, 0.25) is 0 Å². The number of nitrogens with one attached hydrogen (secondary N) is 2. The van der Waals surface area contributed by atoms with Crippen LogP contribution in [0.3, 0.4) is 0 Å². The van der Waals surface area contributed by atoms with E-state index in [1.165, 1.54) is 262 Å². The van der Waals surface area contributed by atoms with Crippen molar-refractivity contribution < 1.29 is 0 Å². The van der Waals surface area contributed by atoms with Gasteiger partial charge in [0.2, 0.25) is 0 Å². The van der Waals surface area contributed by atoms with Crippen LogP contribution in [-0.4, -0.2) is 24.9 Å². The second kappa shape index (κ2) is 30.7. The zero-order valence-electron chi connectivity index (χ0n) is 73.1. The molecule has 0 saturated heterocycles. The van der Waals surface area contributed by atoms with Gasteiger partial charge in [-0.25, -0.2) is 4.98 Å². The van der Waals surface area contributed by atoms with Crippen molar-refractivity contribution in [2.75, 3.05) is 0 Å². The molecule has 33 rings (SSSR count). The summed E-state index contributed by atoms with van der Waals surface area (Å²) in [6.07, 6.45) is 12.0. The Hall–Kier alpha value is -16.3. The lowest BCUT2D eigenvalue weighted by Crippen LogP contribution is -1.91. The van der Waals surface area contributed by atoms with E-state index in [0.29, 0.717) is 0 Å². The second-order valence-electron chi connectivity index (χ2n) is 36.8. The van der Waals surface area contributed by atoms with Gasteiger partial charge in [-0.05, 0) is 340 Å². The molecule has 6 aliphatic rings. The van der Waals surface area contributed by atoms with E-state index in [2.05, 4.69) is 396 Å². The van der Waals surface area contributed by atoms with Gasteiger partial charge in [0, 0.05) is 116 Å². The van der Waals surface area contributed by atoms with Crippen molar-refractivity contribution in [2.24, 2.45) is 0 Å². The van der Waals surface area contributed by atoms with Crippen LogP contribution in [0.1, 0.15) is 66.5 Å². The molecule has 7 heteroatoms. The maximum atomic E-state index is 5.11. The van der Waals surface area contributed by atoms with Crippen LogP contribution in [0.25, 0.3) is 228 Å². The summed E-state index contributed by atoms with van der Waals surface area (Å²) in [5, 5.41) is 39.8. The third kappa shape index (κ3) is 12.7. The molecule has 0 amide bonds. The van der Waals surface area contributed by atoms with Crippen molar-refractivity contribution in [2.45, 2.75) is 38.5 Å². The largest absolute Gasteiger partial charge is 0.364 e. The summed E-state index contributed by atoms with van der Waals surface area (Å²) in [5.74, 6) is 0. The quantitative estimate of drug-likeness (QED) is 0.117. The van der Waals surface area contributed by atoms with Gasteiger partial charge in [-0.15, -0.1) is 22.7 Å². The van der Waals surface area contributed by atoms with Crippen LogP contribution in [0.15, 0.2) is 405 Å². The van der Waals surface area contributed by atoms with Gasteiger partial charge in [-0.2, -0.15) is 0 Å². The molecule has 0 bridgehead atoms. The summed E-state index contributed by atoms with van der Waals surface area (Å²) >= 11 is 3.76. The number of pyridine rings is 3. The molecule has 0 aliphatic heterocycles. The molecule has 626 valence electrons. The zero-order valence-corrected chi connectivity index (χ0v) is 74.7. The molecule has 27 aromatic rings. The SMILES string of the molecule is c1ccc2cc3c4c(ccc3cc2c1)Cc1[nH]ccc1-4.c1ccc2cc3c4c(ccc3cc2c1)Cc1cc[nH]c1-4.c1ccc2cc3c4c(ccc3cc2c1)Cc1ccsc1-4.c1ccc2cc3c4c(ccc3cc2c1)Cc1nc2c(ccc3cccnc32)cc1-4.c1ccc2cc3c4c(ccc3cc2c1)Cc1nc2ccccc2cc1-4.c1ccc2cc3c4c(ccc3cc2c1)Cc1sccc1-4. The average molecular weight is 1740 g/mol. The van der Waals surface area contributed by atoms with Gasteiger partial charge in [-0.1, -0.05) is 255 Å². The van der Waals surface area contributed by atoms with Crippen molar-refractivity contribution in [1.82, 2.24) is 24.9 Å². The molecule has 0 atom stereocenters. The molecule has 0 unspecified atom stereocenters. The minimum absolute atomic E-state index is 0.882. The maximum absolute atomic E-state index is 5.11. The summed E-state index contributed by atoms with van der Waals surface area (Å²) in [7, 11) is 0. The van der Waals surface area contributed by atoms with E-state index in [1.54, 1.807) is 0 Å². The van der Waals surface area contributed by atoms with E-state index in [-0.39, 0.29) is 0 Å². The first-order valence-corrected chi connectivity index (χ1v) is 48.3. The molecular weight excluding hydrogens is 1660 g/mol. The van der Waals surface area contributed by atoms with Crippen molar-refractivity contribution in [3.05, 3.63) is 472 Å². The number of thiophene rings is 2. The molecule has 20 aromatic carbocycles. The highest BCUT2D eigenvalue weighted by atomic mass is 32.1. The minimum atomic E-state index is 0.882. The number of fused-ring (bicyclic) bond motifs is 40. The van der Waals surface area contributed by atoms with Gasteiger partial charge in [0.1, 0.15) is 0 Å². The second-order valence-corrected chi connectivity index (χ2v) is 38.7. The Morgan fingerprint density at radius 2 is 0.590 bits per heavy atom. The van der Waals surface area contributed by atoms with Gasteiger partial charge in [0.05, 0.1) is 27.9 Å². The molecule has 7 aromatic heterocycles. The van der Waals surface area contributed by atoms with Crippen LogP contribution in [-0.2, 0) is 38.5 Å². The number of hydrogen-bond donors (Lipinski definition) is 2. The van der Waals surface area contributed by atoms with Crippen LogP contribution < -0.4 is 0 Å². The lowest BCUT2D eigenvalue weighted by molar-refractivity contribution is 1.15. The fourth-order valence-corrected chi connectivity index (χ4v) is 24.8. The van der Waals surface area contributed by atoms with Crippen molar-refractivity contribution in [3.8, 4) is 66.2 Å². The number of H-pyrrole nitrogens is 2. The van der Waals surface area contributed by atoms with E-state index < -0.39 is 0 Å². The topological polar surface area (TPSA) is 70.2 Å². The van der Waals surface area contributed by atoms with E-state index in [0.717, 1.165) is 71.5 Å². The van der Waals surface area contributed by atoms with Crippen LogP contribution in [0.5, 0.6) is 0 Å². The highest BCUT2D eigenvalue weighted by Gasteiger charge is 2.30. The number of aromatic nitrogens is 5. The lowest BCUT2D eigenvalue weighted by atomic mass is 9.95. The Labute approximate surface area is 780 Å². The van der Waals surface area contributed by atoms with Gasteiger partial charge in [0.15, 0.2) is 0 Å². The maximum Gasteiger partial charge on any atom is 0.0968 e. The summed E-state index contributed by atoms with van der Waals surface area (Å²) in [6.45, 7) is 0. The Morgan fingerprint density at radius 3 is 1.10 bits per heavy atom. The predicted octanol–water partition coefficient (Wildman–Crippen LogP) is 33.8. The molecule has 5 nitrogen and oxygen atoms in total. The van der Waals surface area contributed by atoms with Crippen molar-refractivity contribution in [1.29, 1.82) is 0 Å². The molecule has 7 heterocycles. The normalized spacial score (nSPS) is 12.7. The smallest absolute Gasteiger partial charge is 0.0968 e. The Bertz CT molecular complexity index is 9040. The molecule has 0 fully saturated rings. The van der Waals surface area contributed by atoms with E-state index >= 15 is 0 Å². The summed E-state index contributed by atoms with van der Waals surface area (Å²) in [4.78, 5) is 24.4. The van der Waals surface area contributed by atoms with Gasteiger partial charge in [-0.3, -0.25) is 9.97 Å². The molecule has 2 N–H and O–H groups in total. The number of hydrogen-bond acceptors (Lipinski definition) is 5. The average Bonchev–Trinajstić information content (AvgIpc) is 1.61. The molecule has 0 spiro atoms. The number of benzene rings is 20. The summed E-state index contributed by atoms with van der Waals surface area (Å²) < 4.78 is 0. The molecule has 0 saturated carbocycles.